The number of para-hydroxylation sites is 1. The van der Waals surface area contributed by atoms with Crippen LogP contribution >= 0.6 is 11.3 Å². The molecule has 2 amide bonds. The van der Waals surface area contributed by atoms with Gasteiger partial charge in [0.05, 0.1) is 23.4 Å². The van der Waals surface area contributed by atoms with Gasteiger partial charge in [-0.3, -0.25) is 24.1 Å². The van der Waals surface area contributed by atoms with Crippen LogP contribution < -0.4 is 25.9 Å². The summed E-state index contributed by atoms with van der Waals surface area (Å²) in [6.07, 6.45) is 0. The van der Waals surface area contributed by atoms with Gasteiger partial charge >= 0.3 is 5.97 Å². The fourth-order valence-corrected chi connectivity index (χ4v) is 4.94. The van der Waals surface area contributed by atoms with Crippen LogP contribution in [0.2, 0.25) is 0 Å². The third-order valence-corrected chi connectivity index (χ3v) is 6.68. The SMILES string of the molecule is CCOC(=O)c1ccc(NC(=O)CN2C(=O)C(=c3sc4nc(=O)c(C)nn4c3=O)c3ccccc32)cc1. The zero-order valence-electron chi connectivity index (χ0n) is 19.7. The Labute approximate surface area is 212 Å². The number of anilines is 2. The molecule has 11 nitrogen and oxygen atoms in total. The number of carbonyl (C=O) groups is 3. The molecule has 2 aromatic heterocycles. The first-order valence-electron chi connectivity index (χ1n) is 11.2. The highest BCUT2D eigenvalue weighted by Gasteiger charge is 2.35. The van der Waals surface area contributed by atoms with Crippen molar-refractivity contribution in [3.8, 4) is 0 Å². The Bertz CT molecular complexity index is 1760. The molecule has 0 bridgehead atoms. The lowest BCUT2D eigenvalue weighted by Crippen LogP contribution is -2.37. The Hall–Kier alpha value is -4.71. The van der Waals surface area contributed by atoms with Gasteiger partial charge in [-0.2, -0.15) is 14.6 Å². The van der Waals surface area contributed by atoms with Gasteiger partial charge in [-0.25, -0.2) is 4.79 Å². The first-order valence-corrected chi connectivity index (χ1v) is 12.0. The number of thiazole rings is 1. The summed E-state index contributed by atoms with van der Waals surface area (Å²) in [5.41, 5.74) is 0.809. The summed E-state index contributed by atoms with van der Waals surface area (Å²) in [5.74, 6) is -1.47. The van der Waals surface area contributed by atoms with Crippen LogP contribution in [0.15, 0.2) is 58.1 Å². The molecule has 0 saturated carbocycles. The Morgan fingerprint density at radius 3 is 2.51 bits per heavy atom. The molecule has 5 rings (SSSR count). The number of hydrogen-bond acceptors (Lipinski definition) is 9. The summed E-state index contributed by atoms with van der Waals surface area (Å²) in [4.78, 5) is 68.4. The van der Waals surface area contributed by atoms with Crippen molar-refractivity contribution in [2.24, 2.45) is 0 Å². The maximum atomic E-state index is 13.5. The molecular formula is C25H19N5O6S. The van der Waals surface area contributed by atoms with E-state index in [0.717, 1.165) is 15.9 Å². The van der Waals surface area contributed by atoms with Gasteiger partial charge in [0.25, 0.3) is 17.0 Å². The van der Waals surface area contributed by atoms with Gasteiger partial charge in [-0.15, -0.1) is 0 Å². The summed E-state index contributed by atoms with van der Waals surface area (Å²) in [5, 5.41) is 6.70. The maximum Gasteiger partial charge on any atom is 0.338 e. The number of aromatic nitrogens is 3. The van der Waals surface area contributed by atoms with Crippen LogP contribution in [-0.4, -0.2) is 45.5 Å². The van der Waals surface area contributed by atoms with E-state index in [1.165, 1.54) is 24.0 Å². The second kappa shape index (κ2) is 9.39. The summed E-state index contributed by atoms with van der Waals surface area (Å²) >= 11 is 0.896. The Balaban J connectivity index is 1.47. The van der Waals surface area contributed by atoms with Crippen molar-refractivity contribution in [1.82, 2.24) is 14.6 Å². The van der Waals surface area contributed by atoms with Crippen molar-refractivity contribution in [3.63, 3.8) is 0 Å². The third-order valence-electron chi connectivity index (χ3n) is 5.65. The number of esters is 1. The predicted octanol–water partition coefficient (Wildman–Crippen LogP) is 0.900. The summed E-state index contributed by atoms with van der Waals surface area (Å²) in [6, 6.07) is 13.0. The normalized spacial score (nSPS) is 14.1. The first-order chi connectivity index (χ1) is 17.8. The Kier molecular flexibility index (Phi) is 6.09. The number of nitrogens with zero attached hydrogens (tertiary/aromatic N) is 4. The number of rotatable bonds is 5. The molecular weight excluding hydrogens is 498 g/mol. The predicted molar refractivity (Wildman–Crippen MR) is 136 cm³/mol. The van der Waals surface area contributed by atoms with Gasteiger partial charge in [0, 0.05) is 11.3 Å². The average Bonchev–Trinajstić information content (AvgIpc) is 3.33. The number of benzene rings is 2. The standard InChI is InChI=1S/C25H19N5O6S/c1-3-36-24(35)14-8-10-15(11-9-14)26-18(31)12-29-17-7-5-4-6-16(17)19(22(29)33)20-23(34)30-25(37-20)27-21(32)13(2)28-30/h4-11H,3,12H2,1-2H3,(H,26,31). The largest absolute Gasteiger partial charge is 0.462 e. The number of nitrogens with one attached hydrogen (secondary N) is 1. The smallest absolute Gasteiger partial charge is 0.338 e. The van der Waals surface area contributed by atoms with Crippen LogP contribution in [0.5, 0.6) is 0 Å². The summed E-state index contributed by atoms with van der Waals surface area (Å²) < 4.78 is 6.04. The van der Waals surface area contributed by atoms with Crippen molar-refractivity contribution >= 4 is 51.0 Å². The molecule has 0 radical (unpaired) electrons. The van der Waals surface area contributed by atoms with E-state index in [1.807, 2.05) is 0 Å². The second-order valence-corrected chi connectivity index (χ2v) is 9.04. The molecule has 1 N–H and O–H groups in total. The van der Waals surface area contributed by atoms with E-state index in [0.29, 0.717) is 22.5 Å². The molecule has 1 aliphatic heterocycles. The van der Waals surface area contributed by atoms with Gasteiger partial charge in [-0.05, 0) is 44.2 Å². The lowest BCUT2D eigenvalue weighted by Gasteiger charge is -2.16. The maximum absolute atomic E-state index is 13.5. The third kappa shape index (κ3) is 4.27. The van der Waals surface area contributed by atoms with Crippen molar-refractivity contribution in [2.45, 2.75) is 13.8 Å². The quantitative estimate of drug-likeness (QED) is 0.385. The second-order valence-electron chi connectivity index (χ2n) is 8.06. The van der Waals surface area contributed by atoms with E-state index >= 15 is 0 Å². The van der Waals surface area contributed by atoms with Crippen molar-refractivity contribution < 1.29 is 19.1 Å². The summed E-state index contributed by atoms with van der Waals surface area (Å²) in [7, 11) is 0. The average molecular weight is 518 g/mol. The highest BCUT2D eigenvalue weighted by atomic mass is 32.1. The molecule has 0 unspecified atom stereocenters. The van der Waals surface area contributed by atoms with Gasteiger partial charge in [-0.1, -0.05) is 29.5 Å². The van der Waals surface area contributed by atoms with E-state index in [2.05, 4.69) is 15.4 Å². The zero-order chi connectivity index (χ0) is 26.3. The van der Waals surface area contributed by atoms with E-state index in [9.17, 15) is 24.0 Å². The minimum Gasteiger partial charge on any atom is -0.462 e. The number of hydrogen-bond donors (Lipinski definition) is 1. The molecule has 0 fully saturated rings. The molecule has 0 atom stereocenters. The Morgan fingerprint density at radius 1 is 1.05 bits per heavy atom. The van der Waals surface area contributed by atoms with Gasteiger partial charge in [0.2, 0.25) is 10.9 Å². The molecule has 4 aromatic rings. The van der Waals surface area contributed by atoms with Crippen LogP contribution in [0.4, 0.5) is 11.4 Å². The van der Waals surface area contributed by atoms with Crippen LogP contribution in [0.1, 0.15) is 28.5 Å². The van der Waals surface area contributed by atoms with E-state index in [-0.39, 0.29) is 33.9 Å². The van der Waals surface area contributed by atoms with Crippen LogP contribution in [0.25, 0.3) is 10.5 Å². The van der Waals surface area contributed by atoms with E-state index < -0.39 is 28.9 Å². The van der Waals surface area contributed by atoms with Crippen molar-refractivity contribution in [1.29, 1.82) is 0 Å². The number of amides is 2. The molecule has 0 saturated heterocycles. The molecule has 186 valence electrons. The van der Waals surface area contributed by atoms with Crippen molar-refractivity contribution in [2.75, 3.05) is 23.4 Å². The first kappa shape index (κ1) is 24.0. The Morgan fingerprint density at radius 2 is 1.78 bits per heavy atom. The molecule has 3 heterocycles. The summed E-state index contributed by atoms with van der Waals surface area (Å²) in [6.45, 7) is 3.10. The molecule has 2 aromatic carbocycles. The van der Waals surface area contributed by atoms with Gasteiger partial charge in [0.15, 0.2) is 0 Å². The number of fused-ring (bicyclic) bond motifs is 2. The van der Waals surface area contributed by atoms with Crippen LogP contribution in [0.3, 0.4) is 0 Å². The molecule has 37 heavy (non-hydrogen) atoms. The van der Waals surface area contributed by atoms with E-state index in [4.69, 9.17) is 4.74 Å². The minimum absolute atomic E-state index is 0.0654. The highest BCUT2D eigenvalue weighted by Crippen LogP contribution is 2.35. The lowest BCUT2D eigenvalue weighted by atomic mass is 10.1. The topological polar surface area (TPSA) is 140 Å². The fourth-order valence-electron chi connectivity index (χ4n) is 3.94. The molecule has 0 spiro atoms. The molecule has 1 aliphatic rings. The van der Waals surface area contributed by atoms with Gasteiger partial charge < -0.3 is 10.1 Å². The number of ether oxygens (including phenoxy) is 1. The van der Waals surface area contributed by atoms with E-state index in [1.54, 1.807) is 43.3 Å². The monoisotopic (exact) mass is 517 g/mol. The van der Waals surface area contributed by atoms with Crippen LogP contribution in [-0.2, 0) is 14.3 Å². The zero-order valence-corrected chi connectivity index (χ0v) is 20.5. The van der Waals surface area contributed by atoms with Crippen molar-refractivity contribution in [3.05, 3.63) is 90.6 Å². The number of aryl methyl sites for hydroxylation is 1. The van der Waals surface area contributed by atoms with Crippen LogP contribution in [0, 0.1) is 6.92 Å². The minimum atomic E-state index is -0.568. The van der Waals surface area contributed by atoms with Gasteiger partial charge in [0.1, 0.15) is 16.8 Å². The highest BCUT2D eigenvalue weighted by molar-refractivity contribution is 7.15. The lowest BCUT2D eigenvalue weighted by molar-refractivity contribution is -0.118. The molecule has 12 heteroatoms. The number of carbonyl (C=O) groups excluding carboxylic acids is 3. The molecule has 0 aliphatic carbocycles. The fraction of sp³-hybridized carbons (Fsp3) is 0.160.